The lowest BCUT2D eigenvalue weighted by Gasteiger charge is -2.08. The normalized spacial score (nSPS) is 11.9. The van der Waals surface area contributed by atoms with E-state index in [4.69, 9.17) is 0 Å². The molecule has 6 aromatic rings. The highest BCUT2D eigenvalue weighted by Gasteiger charge is 2.17. The van der Waals surface area contributed by atoms with Gasteiger partial charge in [-0.2, -0.15) is 5.10 Å². The quantitative estimate of drug-likeness (QED) is 0.307. The zero-order valence-electron chi connectivity index (χ0n) is 19.4. The number of hydrogen-bond donors (Lipinski definition) is 3. The summed E-state index contributed by atoms with van der Waals surface area (Å²) in [6, 6.07) is 13.7. The minimum Gasteiger partial charge on any atom is -0.335 e. The maximum Gasteiger partial charge on any atom is 0.209 e. The highest BCUT2D eigenvalue weighted by Crippen LogP contribution is 2.32. The minimum absolute atomic E-state index is 0.0298. The van der Waals surface area contributed by atoms with Gasteiger partial charge in [0, 0.05) is 29.9 Å². The van der Waals surface area contributed by atoms with E-state index in [9.17, 15) is 12.8 Å². The van der Waals surface area contributed by atoms with Crippen molar-refractivity contribution in [3.05, 3.63) is 78.5 Å². The van der Waals surface area contributed by atoms with Crippen molar-refractivity contribution in [1.29, 1.82) is 0 Å². The van der Waals surface area contributed by atoms with Gasteiger partial charge in [-0.3, -0.25) is 15.1 Å². The third kappa shape index (κ3) is 4.55. The van der Waals surface area contributed by atoms with Gasteiger partial charge in [0.2, 0.25) is 10.0 Å². The van der Waals surface area contributed by atoms with E-state index >= 15 is 0 Å². The number of rotatable bonds is 6. The lowest BCUT2D eigenvalue weighted by atomic mass is 10.0. The number of aromatic amines is 2. The molecule has 0 radical (unpaired) electrons. The van der Waals surface area contributed by atoms with E-state index in [1.807, 2.05) is 24.3 Å². The van der Waals surface area contributed by atoms with Crippen LogP contribution < -0.4 is 4.72 Å². The number of pyridine rings is 3. The Morgan fingerprint density at radius 2 is 1.89 bits per heavy atom. The first-order valence-electron chi connectivity index (χ1n) is 11.2. The summed E-state index contributed by atoms with van der Waals surface area (Å²) >= 11 is 0. The fourth-order valence-electron chi connectivity index (χ4n) is 4.14. The van der Waals surface area contributed by atoms with Gasteiger partial charge in [0.25, 0.3) is 0 Å². The largest absolute Gasteiger partial charge is 0.335 e. The SMILES string of the molecule is CS(=O)(=O)NCc1cc(F)cc(-c2ccnc3nc(-c4n[nH]c5cnc(-c6ccccn6)cc45)[nH]c23)c1. The van der Waals surface area contributed by atoms with Crippen LogP contribution in [0.25, 0.3) is 56.1 Å². The van der Waals surface area contributed by atoms with Crippen molar-refractivity contribution in [3.63, 3.8) is 0 Å². The Labute approximate surface area is 210 Å². The molecule has 0 aliphatic carbocycles. The number of hydrogen-bond acceptors (Lipinski definition) is 7. The van der Waals surface area contributed by atoms with Crippen LogP contribution in [0.4, 0.5) is 4.39 Å². The Kier molecular flexibility index (Phi) is 5.46. The molecule has 0 saturated carbocycles. The van der Waals surface area contributed by atoms with Crippen LogP contribution in [0.5, 0.6) is 0 Å². The van der Waals surface area contributed by atoms with Crippen LogP contribution in [0.1, 0.15) is 5.56 Å². The molecule has 184 valence electrons. The zero-order chi connectivity index (χ0) is 25.6. The van der Waals surface area contributed by atoms with Crippen LogP contribution in [0.15, 0.2) is 67.1 Å². The lowest BCUT2D eigenvalue weighted by Crippen LogP contribution is -2.21. The van der Waals surface area contributed by atoms with Crippen molar-refractivity contribution in [2.75, 3.05) is 6.26 Å². The number of nitrogens with zero attached hydrogens (tertiary/aromatic N) is 5. The van der Waals surface area contributed by atoms with E-state index < -0.39 is 15.8 Å². The summed E-state index contributed by atoms with van der Waals surface area (Å²) in [5, 5.41) is 8.22. The number of nitrogens with one attached hydrogen (secondary N) is 3. The standard InChI is InChI=1S/C25H19FN8O2S/c1-37(35,36)30-12-14-8-15(10-16(26)9-14)17-5-7-28-24-22(17)31-25(32-24)23-18-11-20(19-4-2-3-6-27-19)29-13-21(18)33-34-23/h2-11,13,30H,12H2,1H3,(H,33,34)(H,28,31,32). The van der Waals surface area contributed by atoms with Gasteiger partial charge in [-0.15, -0.1) is 0 Å². The monoisotopic (exact) mass is 514 g/mol. The summed E-state index contributed by atoms with van der Waals surface area (Å²) in [5.41, 5.74) is 5.48. The molecular formula is C25H19FN8O2S. The summed E-state index contributed by atoms with van der Waals surface area (Å²) in [6.45, 7) is -0.0298. The number of benzene rings is 1. The first kappa shape index (κ1) is 22.9. The molecular weight excluding hydrogens is 495 g/mol. The van der Waals surface area contributed by atoms with Crippen molar-refractivity contribution in [1.82, 2.24) is 39.8 Å². The number of aromatic nitrogens is 7. The molecule has 37 heavy (non-hydrogen) atoms. The molecule has 0 bridgehead atoms. The van der Waals surface area contributed by atoms with Crippen LogP contribution in [0.3, 0.4) is 0 Å². The van der Waals surface area contributed by atoms with Crippen molar-refractivity contribution in [2.45, 2.75) is 6.54 Å². The Hall–Kier alpha value is -4.55. The molecule has 0 unspecified atom stereocenters. The molecule has 0 aliphatic heterocycles. The van der Waals surface area contributed by atoms with E-state index in [0.717, 1.165) is 22.9 Å². The van der Waals surface area contributed by atoms with Crippen LogP contribution >= 0.6 is 0 Å². The number of sulfonamides is 1. The van der Waals surface area contributed by atoms with Gasteiger partial charge in [-0.1, -0.05) is 6.07 Å². The van der Waals surface area contributed by atoms with Crippen molar-refractivity contribution < 1.29 is 12.8 Å². The van der Waals surface area contributed by atoms with Crippen LogP contribution in [-0.4, -0.2) is 49.8 Å². The summed E-state index contributed by atoms with van der Waals surface area (Å²) in [4.78, 5) is 21.1. The highest BCUT2D eigenvalue weighted by molar-refractivity contribution is 7.88. The molecule has 1 aromatic carbocycles. The molecule has 0 saturated heterocycles. The summed E-state index contributed by atoms with van der Waals surface area (Å²) in [5.74, 6) is -0.00455. The summed E-state index contributed by atoms with van der Waals surface area (Å²) < 4.78 is 39.8. The predicted molar refractivity (Wildman–Crippen MR) is 137 cm³/mol. The summed E-state index contributed by atoms with van der Waals surface area (Å²) in [6.07, 6.45) is 6.05. The number of fused-ring (bicyclic) bond motifs is 2. The maximum atomic E-state index is 14.5. The van der Waals surface area contributed by atoms with Crippen LogP contribution in [-0.2, 0) is 16.6 Å². The van der Waals surface area contributed by atoms with Gasteiger partial charge in [0.05, 0.1) is 34.9 Å². The smallest absolute Gasteiger partial charge is 0.209 e. The lowest BCUT2D eigenvalue weighted by molar-refractivity contribution is 0.586. The molecule has 5 aromatic heterocycles. The topological polar surface area (TPSA) is 142 Å². The number of halogens is 1. The molecule has 3 N–H and O–H groups in total. The Balaban J connectivity index is 1.44. The average Bonchev–Trinajstić information content (AvgIpc) is 3.51. The molecule has 10 nitrogen and oxygen atoms in total. The predicted octanol–water partition coefficient (Wildman–Crippen LogP) is 3.81. The maximum absolute atomic E-state index is 14.5. The molecule has 6 rings (SSSR count). The van der Waals surface area contributed by atoms with Crippen molar-refractivity contribution in [2.24, 2.45) is 0 Å². The van der Waals surface area contributed by atoms with E-state index in [-0.39, 0.29) is 6.54 Å². The Morgan fingerprint density at radius 1 is 1.00 bits per heavy atom. The van der Waals surface area contributed by atoms with E-state index in [1.165, 1.54) is 12.1 Å². The Morgan fingerprint density at radius 3 is 2.70 bits per heavy atom. The molecule has 0 aliphatic rings. The highest BCUT2D eigenvalue weighted by atomic mass is 32.2. The fraction of sp³-hybridized carbons (Fsp3) is 0.0800. The third-order valence-electron chi connectivity index (χ3n) is 5.80. The van der Waals surface area contributed by atoms with E-state index in [0.29, 0.717) is 45.1 Å². The molecule has 0 amide bonds. The second kappa shape index (κ2) is 8.84. The second-order valence-corrected chi connectivity index (χ2v) is 10.3. The van der Waals surface area contributed by atoms with Crippen LogP contribution in [0, 0.1) is 5.82 Å². The molecule has 0 atom stereocenters. The zero-order valence-corrected chi connectivity index (χ0v) is 20.2. The third-order valence-corrected chi connectivity index (χ3v) is 6.47. The Bertz CT molecular complexity index is 1880. The van der Waals surface area contributed by atoms with Gasteiger partial charge >= 0.3 is 0 Å². The van der Waals surface area contributed by atoms with E-state index in [2.05, 4.69) is 39.8 Å². The first-order chi connectivity index (χ1) is 17.8. The van der Waals surface area contributed by atoms with Gasteiger partial charge in [0.15, 0.2) is 11.5 Å². The van der Waals surface area contributed by atoms with E-state index in [1.54, 1.807) is 30.7 Å². The van der Waals surface area contributed by atoms with Crippen LogP contribution in [0.2, 0.25) is 0 Å². The van der Waals surface area contributed by atoms with Crippen molar-refractivity contribution in [3.8, 4) is 34.0 Å². The molecule has 12 heteroatoms. The second-order valence-electron chi connectivity index (χ2n) is 8.49. The van der Waals surface area contributed by atoms with Gasteiger partial charge in [0.1, 0.15) is 11.5 Å². The number of H-pyrrole nitrogens is 2. The van der Waals surface area contributed by atoms with Gasteiger partial charge in [-0.05, 0) is 53.6 Å². The first-order valence-corrected chi connectivity index (χ1v) is 13.1. The minimum atomic E-state index is -3.42. The molecule has 0 spiro atoms. The molecule has 0 fully saturated rings. The van der Waals surface area contributed by atoms with Crippen molar-refractivity contribution >= 4 is 32.1 Å². The van der Waals surface area contributed by atoms with Gasteiger partial charge < -0.3 is 4.98 Å². The average molecular weight is 515 g/mol. The number of imidazole rings is 1. The molecule has 5 heterocycles. The fourth-order valence-corrected chi connectivity index (χ4v) is 4.57. The van der Waals surface area contributed by atoms with Gasteiger partial charge in [-0.25, -0.2) is 27.5 Å². The summed E-state index contributed by atoms with van der Waals surface area (Å²) in [7, 11) is -3.42.